The van der Waals surface area contributed by atoms with Crippen LogP contribution in [0.2, 0.25) is 5.02 Å². The van der Waals surface area contributed by atoms with E-state index in [0.717, 1.165) is 12.0 Å². The van der Waals surface area contributed by atoms with E-state index in [1.807, 2.05) is 24.3 Å². The molecule has 86 valence electrons. The molecular weight excluding hydrogens is 255 g/mol. The molecule has 0 aromatic heterocycles. The Morgan fingerprint density at radius 2 is 1.71 bits per heavy atom. The SMILES string of the molecule is O=C(Cl)c1ccc(Cc2ccccc2)cc1Cl. The fraction of sp³-hybridized carbons (Fsp3) is 0.0714. The monoisotopic (exact) mass is 264 g/mol. The van der Waals surface area contributed by atoms with Crippen molar-refractivity contribution in [2.45, 2.75) is 6.42 Å². The van der Waals surface area contributed by atoms with Gasteiger partial charge in [-0.3, -0.25) is 4.79 Å². The first-order valence-electron chi connectivity index (χ1n) is 5.19. The minimum absolute atomic E-state index is 0.352. The maximum absolute atomic E-state index is 11.0. The van der Waals surface area contributed by atoms with E-state index in [1.165, 1.54) is 5.56 Å². The van der Waals surface area contributed by atoms with E-state index in [-0.39, 0.29) is 0 Å². The van der Waals surface area contributed by atoms with Crippen LogP contribution in [0.4, 0.5) is 0 Å². The zero-order valence-electron chi connectivity index (χ0n) is 8.99. The molecule has 2 aromatic carbocycles. The third-order valence-electron chi connectivity index (χ3n) is 2.50. The van der Waals surface area contributed by atoms with E-state index < -0.39 is 5.24 Å². The zero-order chi connectivity index (χ0) is 12.3. The fourth-order valence-electron chi connectivity index (χ4n) is 1.66. The maximum Gasteiger partial charge on any atom is 0.253 e. The lowest BCUT2D eigenvalue weighted by Crippen LogP contribution is -1.93. The molecule has 0 heterocycles. The van der Waals surface area contributed by atoms with E-state index in [0.29, 0.717) is 10.6 Å². The summed E-state index contributed by atoms with van der Waals surface area (Å²) in [6, 6.07) is 15.4. The molecule has 17 heavy (non-hydrogen) atoms. The Bertz CT molecular complexity index is 535. The Balaban J connectivity index is 2.24. The summed E-state index contributed by atoms with van der Waals surface area (Å²) in [7, 11) is 0. The van der Waals surface area contributed by atoms with Crippen LogP contribution in [0, 0.1) is 0 Å². The Kier molecular flexibility index (Phi) is 3.82. The average Bonchev–Trinajstić information content (AvgIpc) is 2.30. The smallest absolute Gasteiger partial charge is 0.253 e. The van der Waals surface area contributed by atoms with Gasteiger partial charge in [0.15, 0.2) is 0 Å². The van der Waals surface area contributed by atoms with Gasteiger partial charge in [0.05, 0.1) is 10.6 Å². The van der Waals surface area contributed by atoms with Crippen molar-refractivity contribution in [1.82, 2.24) is 0 Å². The summed E-state index contributed by atoms with van der Waals surface area (Å²) in [6.45, 7) is 0. The molecule has 0 amide bonds. The van der Waals surface area contributed by atoms with Crippen molar-refractivity contribution in [3.63, 3.8) is 0 Å². The quantitative estimate of drug-likeness (QED) is 0.756. The molecule has 2 aromatic rings. The molecule has 0 bridgehead atoms. The molecule has 0 aliphatic heterocycles. The summed E-state index contributed by atoms with van der Waals surface area (Å²) < 4.78 is 0. The lowest BCUT2D eigenvalue weighted by atomic mass is 10.0. The molecule has 0 saturated carbocycles. The highest BCUT2D eigenvalue weighted by molar-refractivity contribution is 6.68. The predicted molar refractivity (Wildman–Crippen MR) is 70.9 cm³/mol. The number of carbonyl (C=O) groups is 1. The van der Waals surface area contributed by atoms with Crippen LogP contribution < -0.4 is 0 Å². The second-order valence-corrected chi connectivity index (χ2v) is 4.50. The van der Waals surface area contributed by atoms with Crippen LogP contribution in [0.1, 0.15) is 21.5 Å². The molecular formula is C14H10Cl2O. The third-order valence-corrected chi connectivity index (χ3v) is 3.01. The number of hydrogen-bond donors (Lipinski definition) is 0. The number of benzene rings is 2. The van der Waals surface area contributed by atoms with Crippen LogP contribution in [0.25, 0.3) is 0 Å². The minimum atomic E-state index is -0.527. The summed E-state index contributed by atoms with van der Waals surface area (Å²) >= 11 is 11.4. The Labute approximate surface area is 110 Å². The molecule has 0 N–H and O–H groups in total. The van der Waals surface area contributed by atoms with E-state index in [1.54, 1.807) is 12.1 Å². The van der Waals surface area contributed by atoms with Gasteiger partial charge >= 0.3 is 0 Å². The summed E-state index contributed by atoms with van der Waals surface area (Å²) in [5.74, 6) is 0. The van der Waals surface area contributed by atoms with Gasteiger partial charge in [-0.1, -0.05) is 48.0 Å². The first-order chi connectivity index (χ1) is 8.16. The molecule has 0 saturated heterocycles. The number of rotatable bonds is 3. The standard InChI is InChI=1S/C14H10Cl2O/c15-13-9-11(6-7-12(13)14(16)17)8-10-4-2-1-3-5-10/h1-7,9H,8H2. The topological polar surface area (TPSA) is 17.1 Å². The highest BCUT2D eigenvalue weighted by atomic mass is 35.5. The van der Waals surface area contributed by atoms with Crippen molar-refractivity contribution in [2.24, 2.45) is 0 Å². The summed E-state index contributed by atoms with van der Waals surface area (Å²) in [6.07, 6.45) is 0.789. The fourth-order valence-corrected chi connectivity index (χ4v) is 2.16. The first kappa shape index (κ1) is 12.2. The van der Waals surface area contributed by atoms with E-state index >= 15 is 0 Å². The Morgan fingerprint density at radius 1 is 1.00 bits per heavy atom. The second-order valence-electron chi connectivity index (χ2n) is 3.75. The largest absolute Gasteiger partial charge is 0.276 e. The number of carbonyl (C=O) groups excluding carboxylic acids is 1. The van der Waals surface area contributed by atoms with Crippen LogP contribution in [0.3, 0.4) is 0 Å². The molecule has 3 heteroatoms. The van der Waals surface area contributed by atoms with Crippen molar-refractivity contribution in [3.8, 4) is 0 Å². The van der Waals surface area contributed by atoms with E-state index in [9.17, 15) is 4.79 Å². The van der Waals surface area contributed by atoms with Gasteiger partial charge in [-0.25, -0.2) is 0 Å². The molecule has 0 spiro atoms. The Morgan fingerprint density at radius 3 is 2.29 bits per heavy atom. The number of hydrogen-bond acceptors (Lipinski definition) is 1. The Hall–Kier alpha value is -1.31. The maximum atomic E-state index is 11.0. The molecule has 2 rings (SSSR count). The molecule has 0 aliphatic rings. The summed E-state index contributed by atoms with van der Waals surface area (Å²) in [5.41, 5.74) is 2.61. The van der Waals surface area contributed by atoms with E-state index in [4.69, 9.17) is 23.2 Å². The molecule has 0 radical (unpaired) electrons. The van der Waals surface area contributed by atoms with Gasteiger partial charge in [-0.15, -0.1) is 0 Å². The lowest BCUT2D eigenvalue weighted by molar-refractivity contribution is 0.108. The average molecular weight is 265 g/mol. The summed E-state index contributed by atoms with van der Waals surface area (Å²) in [5, 5.41) is -0.125. The van der Waals surface area contributed by atoms with Crippen LogP contribution in [-0.2, 0) is 6.42 Å². The molecule has 0 unspecified atom stereocenters. The highest BCUT2D eigenvalue weighted by Gasteiger charge is 2.08. The van der Waals surface area contributed by atoms with Crippen molar-refractivity contribution >= 4 is 28.4 Å². The summed E-state index contributed by atoms with van der Waals surface area (Å²) in [4.78, 5) is 11.0. The third kappa shape index (κ3) is 3.09. The second kappa shape index (κ2) is 5.35. The van der Waals surface area contributed by atoms with Crippen LogP contribution in [-0.4, -0.2) is 5.24 Å². The molecule has 1 nitrogen and oxygen atoms in total. The van der Waals surface area contributed by atoms with Crippen LogP contribution >= 0.6 is 23.2 Å². The van der Waals surface area contributed by atoms with Gasteiger partial charge in [0, 0.05) is 0 Å². The van der Waals surface area contributed by atoms with Crippen molar-refractivity contribution in [2.75, 3.05) is 0 Å². The van der Waals surface area contributed by atoms with Gasteiger partial charge < -0.3 is 0 Å². The van der Waals surface area contributed by atoms with Crippen LogP contribution in [0.15, 0.2) is 48.5 Å². The van der Waals surface area contributed by atoms with E-state index in [2.05, 4.69) is 12.1 Å². The predicted octanol–water partition coefficient (Wildman–Crippen LogP) is 4.31. The minimum Gasteiger partial charge on any atom is -0.276 e. The number of halogens is 2. The highest BCUT2D eigenvalue weighted by Crippen LogP contribution is 2.21. The van der Waals surface area contributed by atoms with Gasteiger partial charge in [-0.05, 0) is 41.3 Å². The van der Waals surface area contributed by atoms with Crippen LogP contribution in [0.5, 0.6) is 0 Å². The van der Waals surface area contributed by atoms with Crippen molar-refractivity contribution in [3.05, 3.63) is 70.2 Å². The van der Waals surface area contributed by atoms with Gasteiger partial charge in [-0.2, -0.15) is 0 Å². The van der Waals surface area contributed by atoms with Gasteiger partial charge in [0.25, 0.3) is 5.24 Å². The molecule has 0 aliphatic carbocycles. The first-order valence-corrected chi connectivity index (χ1v) is 5.94. The molecule has 0 fully saturated rings. The van der Waals surface area contributed by atoms with Crippen molar-refractivity contribution < 1.29 is 4.79 Å². The van der Waals surface area contributed by atoms with Gasteiger partial charge in [0.1, 0.15) is 0 Å². The molecule has 0 atom stereocenters. The van der Waals surface area contributed by atoms with Crippen molar-refractivity contribution in [1.29, 1.82) is 0 Å². The normalized spacial score (nSPS) is 10.2. The zero-order valence-corrected chi connectivity index (χ0v) is 10.5. The lowest BCUT2D eigenvalue weighted by Gasteiger charge is -2.04. The van der Waals surface area contributed by atoms with Gasteiger partial charge in [0.2, 0.25) is 0 Å².